The molecule has 9 atom stereocenters. The van der Waals surface area contributed by atoms with Crippen LogP contribution in [0, 0.1) is 23.7 Å². The van der Waals surface area contributed by atoms with E-state index in [9.17, 15) is 19.8 Å². The highest BCUT2D eigenvalue weighted by Gasteiger charge is 2.60. The molecule has 0 aromatic carbocycles. The average molecular weight is 465 g/mol. The molecule has 0 aromatic heterocycles. The zero-order chi connectivity index (χ0) is 24.5. The Kier molecular flexibility index (Phi) is 8.07. The summed E-state index contributed by atoms with van der Waals surface area (Å²) in [6.07, 6.45) is 0.223. The lowest BCUT2D eigenvalue weighted by atomic mass is 9.60. The number of fused-ring (bicyclic) bond motifs is 5. The van der Waals surface area contributed by atoms with Gasteiger partial charge in [0.15, 0.2) is 0 Å². The monoisotopic (exact) mass is 464 g/mol. The number of aliphatic hydroxyl groups excluding tert-OH is 2. The standard InChI is InChI=1S/C26H40O7/c1-7-8-20(29)33-26(6)12-11-19(28)16(4)23(30)24-21-14(2)9-10-18(22(21)25(26)32-24)15(3)13-31-17(5)27/h15,18-19,21-25,28,30H,2,4,7-13H2,1,3,5-6H3. The molecule has 3 fully saturated rings. The Hall–Kier alpha value is -1.70. The number of carbonyl (C=O) groups is 2. The molecule has 7 nitrogen and oxygen atoms in total. The summed E-state index contributed by atoms with van der Waals surface area (Å²) >= 11 is 0. The van der Waals surface area contributed by atoms with E-state index < -0.39 is 30.0 Å². The van der Waals surface area contributed by atoms with Crippen LogP contribution < -0.4 is 0 Å². The Bertz CT molecular complexity index is 777. The summed E-state index contributed by atoms with van der Waals surface area (Å²) in [5, 5.41) is 21.8. The molecule has 33 heavy (non-hydrogen) atoms. The van der Waals surface area contributed by atoms with Gasteiger partial charge in [0.1, 0.15) is 17.8 Å². The minimum Gasteiger partial charge on any atom is -0.466 e. The van der Waals surface area contributed by atoms with Crippen LogP contribution in [-0.2, 0) is 23.8 Å². The third kappa shape index (κ3) is 5.20. The van der Waals surface area contributed by atoms with E-state index in [0.29, 0.717) is 37.9 Å². The second-order valence-corrected chi connectivity index (χ2v) is 10.4. The highest BCUT2D eigenvalue weighted by atomic mass is 16.6. The summed E-state index contributed by atoms with van der Waals surface area (Å²) in [6, 6.07) is 0. The van der Waals surface area contributed by atoms with Crippen molar-refractivity contribution in [2.24, 2.45) is 23.7 Å². The third-order valence-corrected chi connectivity index (χ3v) is 7.90. The molecular formula is C26H40O7. The fourth-order valence-corrected chi connectivity index (χ4v) is 6.10. The van der Waals surface area contributed by atoms with Gasteiger partial charge < -0.3 is 24.4 Å². The van der Waals surface area contributed by atoms with Crippen LogP contribution in [0.1, 0.15) is 66.2 Å². The lowest BCUT2D eigenvalue weighted by Crippen LogP contribution is -2.51. The molecule has 2 N–H and O–H groups in total. The molecule has 3 rings (SSSR count). The minimum atomic E-state index is -1.05. The molecule has 2 heterocycles. The largest absolute Gasteiger partial charge is 0.466 e. The van der Waals surface area contributed by atoms with Crippen molar-refractivity contribution in [1.29, 1.82) is 0 Å². The number of aliphatic hydroxyl groups is 2. The first kappa shape index (κ1) is 25.9. The van der Waals surface area contributed by atoms with E-state index >= 15 is 0 Å². The summed E-state index contributed by atoms with van der Waals surface area (Å²) in [7, 11) is 0. The van der Waals surface area contributed by atoms with Crippen LogP contribution in [0.4, 0.5) is 0 Å². The van der Waals surface area contributed by atoms with Crippen LogP contribution in [-0.4, -0.2) is 58.8 Å². The number of hydrogen-bond acceptors (Lipinski definition) is 7. The van der Waals surface area contributed by atoms with Crippen molar-refractivity contribution in [3.63, 3.8) is 0 Å². The predicted octanol–water partition coefficient (Wildman–Crippen LogP) is 3.33. The van der Waals surface area contributed by atoms with E-state index in [1.165, 1.54) is 6.92 Å². The van der Waals surface area contributed by atoms with Crippen molar-refractivity contribution >= 4 is 11.9 Å². The van der Waals surface area contributed by atoms with Gasteiger partial charge in [0.25, 0.3) is 0 Å². The molecule has 1 aliphatic carbocycles. The van der Waals surface area contributed by atoms with Gasteiger partial charge in [0.05, 0.1) is 18.8 Å². The Morgan fingerprint density at radius 3 is 2.61 bits per heavy atom. The molecule has 1 saturated carbocycles. The zero-order valence-corrected chi connectivity index (χ0v) is 20.4. The fourth-order valence-electron chi connectivity index (χ4n) is 6.10. The number of hydrogen-bond donors (Lipinski definition) is 2. The van der Waals surface area contributed by atoms with Crippen LogP contribution in [0.5, 0.6) is 0 Å². The zero-order valence-electron chi connectivity index (χ0n) is 20.4. The quantitative estimate of drug-likeness (QED) is 0.459. The first-order chi connectivity index (χ1) is 15.5. The summed E-state index contributed by atoms with van der Waals surface area (Å²) in [4.78, 5) is 24.1. The van der Waals surface area contributed by atoms with Crippen molar-refractivity contribution in [1.82, 2.24) is 0 Å². The number of esters is 2. The molecule has 2 aliphatic heterocycles. The molecule has 186 valence electrons. The number of rotatable bonds is 6. The lowest BCUT2D eigenvalue weighted by molar-refractivity contribution is -0.184. The number of carbonyl (C=O) groups excluding carboxylic acids is 2. The molecule has 0 aromatic rings. The van der Waals surface area contributed by atoms with Crippen LogP contribution in [0.2, 0.25) is 0 Å². The van der Waals surface area contributed by atoms with Gasteiger partial charge in [-0.15, -0.1) is 0 Å². The molecule has 0 radical (unpaired) electrons. The Labute approximate surface area is 197 Å². The van der Waals surface area contributed by atoms with Gasteiger partial charge in [-0.3, -0.25) is 9.59 Å². The van der Waals surface area contributed by atoms with Crippen molar-refractivity contribution in [3.8, 4) is 0 Å². The molecule has 3 aliphatic rings. The van der Waals surface area contributed by atoms with E-state index in [1.54, 1.807) is 0 Å². The van der Waals surface area contributed by atoms with Crippen LogP contribution >= 0.6 is 0 Å². The Balaban J connectivity index is 2.03. The van der Waals surface area contributed by atoms with E-state index in [4.69, 9.17) is 14.2 Å². The summed E-state index contributed by atoms with van der Waals surface area (Å²) in [5.74, 6) is -0.665. The van der Waals surface area contributed by atoms with Gasteiger partial charge in [-0.05, 0) is 56.4 Å². The van der Waals surface area contributed by atoms with E-state index in [-0.39, 0.29) is 35.6 Å². The SMILES string of the molecule is C=C1C(O)CCC(C)(OC(=O)CCC)C2OC(C1O)C1C(=C)CCC(C(C)COC(C)=O)C12. The van der Waals surface area contributed by atoms with E-state index in [1.807, 2.05) is 13.8 Å². The average Bonchev–Trinajstić information content (AvgIpc) is 3.17. The minimum absolute atomic E-state index is 0.0591. The second kappa shape index (κ2) is 10.3. The molecule has 9 unspecified atom stereocenters. The molecule has 2 bridgehead atoms. The second-order valence-electron chi connectivity index (χ2n) is 10.4. The summed E-state index contributed by atoms with van der Waals surface area (Å²) < 4.78 is 18.0. The first-order valence-corrected chi connectivity index (χ1v) is 12.2. The third-order valence-electron chi connectivity index (χ3n) is 7.90. The van der Waals surface area contributed by atoms with E-state index in [0.717, 1.165) is 18.4 Å². The molecular weight excluding hydrogens is 424 g/mol. The molecule has 7 heteroatoms. The predicted molar refractivity (Wildman–Crippen MR) is 123 cm³/mol. The maximum atomic E-state index is 12.6. The summed E-state index contributed by atoms with van der Waals surface area (Å²) in [5.41, 5.74) is 0.339. The lowest BCUT2D eigenvalue weighted by Gasteiger charge is -2.45. The highest BCUT2D eigenvalue weighted by molar-refractivity contribution is 5.70. The van der Waals surface area contributed by atoms with Gasteiger partial charge in [0, 0.05) is 25.2 Å². The Morgan fingerprint density at radius 1 is 1.27 bits per heavy atom. The van der Waals surface area contributed by atoms with Gasteiger partial charge in [-0.2, -0.15) is 0 Å². The highest BCUT2D eigenvalue weighted by Crippen LogP contribution is 2.55. The maximum Gasteiger partial charge on any atom is 0.306 e. The van der Waals surface area contributed by atoms with Crippen LogP contribution in [0.25, 0.3) is 0 Å². The van der Waals surface area contributed by atoms with Gasteiger partial charge in [-0.25, -0.2) is 0 Å². The molecule has 0 amide bonds. The molecule has 0 spiro atoms. The normalized spacial score (nSPS) is 39.6. The fraction of sp³-hybridized carbons (Fsp3) is 0.769. The first-order valence-electron chi connectivity index (χ1n) is 12.2. The Morgan fingerprint density at radius 2 is 1.97 bits per heavy atom. The van der Waals surface area contributed by atoms with Crippen LogP contribution in [0.15, 0.2) is 24.3 Å². The van der Waals surface area contributed by atoms with Gasteiger partial charge in [-0.1, -0.05) is 32.6 Å². The van der Waals surface area contributed by atoms with Crippen molar-refractivity contribution in [2.45, 2.75) is 96.2 Å². The van der Waals surface area contributed by atoms with Crippen molar-refractivity contribution < 1.29 is 34.0 Å². The van der Waals surface area contributed by atoms with Gasteiger partial charge >= 0.3 is 11.9 Å². The number of ether oxygens (including phenoxy) is 3. The smallest absolute Gasteiger partial charge is 0.306 e. The van der Waals surface area contributed by atoms with Crippen molar-refractivity contribution in [3.05, 3.63) is 24.3 Å². The van der Waals surface area contributed by atoms with Crippen molar-refractivity contribution in [2.75, 3.05) is 6.61 Å². The van der Waals surface area contributed by atoms with Gasteiger partial charge in [0.2, 0.25) is 0 Å². The summed E-state index contributed by atoms with van der Waals surface area (Å²) in [6.45, 7) is 15.8. The maximum absolute atomic E-state index is 12.6. The topological polar surface area (TPSA) is 102 Å². The molecule has 2 saturated heterocycles. The van der Waals surface area contributed by atoms with Crippen LogP contribution in [0.3, 0.4) is 0 Å². The van der Waals surface area contributed by atoms with E-state index in [2.05, 4.69) is 20.1 Å².